The van der Waals surface area contributed by atoms with Crippen molar-refractivity contribution in [2.75, 3.05) is 11.9 Å². The van der Waals surface area contributed by atoms with Crippen LogP contribution in [0.4, 0.5) is 5.69 Å². The van der Waals surface area contributed by atoms with E-state index >= 15 is 0 Å². The monoisotopic (exact) mass is 296 g/mol. The zero-order valence-electron chi connectivity index (χ0n) is 11.2. The van der Waals surface area contributed by atoms with E-state index in [2.05, 4.69) is 10.6 Å². The Morgan fingerprint density at radius 2 is 2.35 bits per heavy atom. The van der Waals surface area contributed by atoms with Crippen LogP contribution in [-0.4, -0.2) is 24.5 Å². The van der Waals surface area contributed by atoms with Crippen LogP contribution in [0.2, 0.25) is 5.02 Å². The zero-order chi connectivity index (χ0) is 14.5. The molecule has 1 fully saturated rings. The molecule has 1 aliphatic heterocycles. The number of hydrogen-bond donors (Lipinski definition) is 2. The molecule has 0 spiro atoms. The van der Waals surface area contributed by atoms with Crippen LogP contribution in [0.15, 0.2) is 18.2 Å². The summed E-state index contributed by atoms with van der Waals surface area (Å²) in [4.78, 5) is 23.3. The summed E-state index contributed by atoms with van der Waals surface area (Å²) < 4.78 is 5.33. The molecule has 0 radical (unpaired) electrons. The van der Waals surface area contributed by atoms with Gasteiger partial charge in [-0.3, -0.25) is 9.59 Å². The van der Waals surface area contributed by atoms with Crippen LogP contribution < -0.4 is 15.4 Å². The lowest BCUT2D eigenvalue weighted by molar-refractivity contribution is -0.128. The number of hydrogen-bond acceptors (Lipinski definition) is 3. The number of piperidine rings is 1. The fraction of sp³-hybridized carbons (Fsp3) is 0.429. The maximum atomic E-state index is 12.0. The number of amides is 2. The lowest BCUT2D eigenvalue weighted by atomic mass is 10.0. The molecule has 6 heteroatoms. The fourth-order valence-electron chi connectivity index (χ4n) is 2.08. The Hall–Kier alpha value is -1.75. The number of carbonyl (C=O) groups excluding carboxylic acids is 2. The lowest BCUT2D eigenvalue weighted by Gasteiger charge is -2.22. The van der Waals surface area contributed by atoms with E-state index in [4.69, 9.17) is 16.3 Å². The first-order valence-corrected chi connectivity index (χ1v) is 7.00. The number of carbonyl (C=O) groups is 2. The second kappa shape index (κ2) is 6.61. The van der Waals surface area contributed by atoms with E-state index in [0.29, 0.717) is 35.9 Å². The second-order valence-electron chi connectivity index (χ2n) is 4.58. The standard InChI is InChI=1S/C14H17ClN2O3/c1-2-20-12-7-6-9(8-10(12)15)16-14(19)11-4-3-5-13(18)17-11/h6-8,11H,2-5H2,1H3,(H,16,19)(H,17,18)/t11-/m1/s1. The molecule has 0 saturated carbocycles. The third-order valence-corrected chi connectivity index (χ3v) is 3.34. The normalized spacial score (nSPS) is 18.3. The molecule has 108 valence electrons. The van der Waals surface area contributed by atoms with Gasteiger partial charge in [0, 0.05) is 12.1 Å². The summed E-state index contributed by atoms with van der Waals surface area (Å²) in [5, 5.41) is 5.86. The Balaban J connectivity index is 2.00. The average molecular weight is 297 g/mol. The highest BCUT2D eigenvalue weighted by atomic mass is 35.5. The predicted molar refractivity (Wildman–Crippen MR) is 77.0 cm³/mol. The quantitative estimate of drug-likeness (QED) is 0.896. The summed E-state index contributed by atoms with van der Waals surface area (Å²) in [6, 6.07) is 4.59. The molecule has 2 N–H and O–H groups in total. The molecule has 0 aliphatic carbocycles. The summed E-state index contributed by atoms with van der Waals surface area (Å²) in [5.41, 5.74) is 0.586. The van der Waals surface area contributed by atoms with Crippen LogP contribution in [0.1, 0.15) is 26.2 Å². The Morgan fingerprint density at radius 1 is 1.55 bits per heavy atom. The molecule has 1 aromatic rings. The van der Waals surface area contributed by atoms with Crippen LogP contribution in [0, 0.1) is 0 Å². The molecule has 1 atom stereocenters. The van der Waals surface area contributed by atoms with Crippen LogP contribution in [0.3, 0.4) is 0 Å². The Morgan fingerprint density at radius 3 is 3.00 bits per heavy atom. The molecule has 1 aromatic carbocycles. The minimum atomic E-state index is -0.471. The zero-order valence-corrected chi connectivity index (χ0v) is 12.0. The van der Waals surface area contributed by atoms with Crippen molar-refractivity contribution in [1.82, 2.24) is 5.32 Å². The van der Waals surface area contributed by atoms with Crippen molar-refractivity contribution in [3.8, 4) is 5.75 Å². The van der Waals surface area contributed by atoms with Gasteiger partial charge in [-0.1, -0.05) is 11.6 Å². The molecular formula is C14H17ClN2O3. The van der Waals surface area contributed by atoms with Crippen molar-refractivity contribution >= 4 is 29.1 Å². The van der Waals surface area contributed by atoms with Gasteiger partial charge in [0.25, 0.3) is 0 Å². The molecule has 20 heavy (non-hydrogen) atoms. The van der Waals surface area contributed by atoms with Gasteiger partial charge in [0.1, 0.15) is 11.8 Å². The van der Waals surface area contributed by atoms with E-state index in [-0.39, 0.29) is 11.8 Å². The van der Waals surface area contributed by atoms with E-state index in [0.717, 1.165) is 6.42 Å². The highest BCUT2D eigenvalue weighted by Gasteiger charge is 2.24. The summed E-state index contributed by atoms with van der Waals surface area (Å²) in [6.07, 6.45) is 1.87. The van der Waals surface area contributed by atoms with Crippen LogP contribution >= 0.6 is 11.6 Å². The van der Waals surface area contributed by atoms with Gasteiger partial charge in [0.2, 0.25) is 11.8 Å². The summed E-state index contributed by atoms with van der Waals surface area (Å²) in [6.45, 7) is 2.40. The highest BCUT2D eigenvalue weighted by Crippen LogP contribution is 2.27. The van der Waals surface area contributed by atoms with Crippen molar-refractivity contribution in [2.24, 2.45) is 0 Å². The minimum Gasteiger partial charge on any atom is -0.492 e. The maximum absolute atomic E-state index is 12.0. The predicted octanol–water partition coefficient (Wildman–Crippen LogP) is 2.35. The SMILES string of the molecule is CCOc1ccc(NC(=O)[C@H]2CCCC(=O)N2)cc1Cl. The summed E-state index contributed by atoms with van der Waals surface area (Å²) in [5.74, 6) is 0.275. The van der Waals surface area contributed by atoms with Crippen molar-refractivity contribution in [3.05, 3.63) is 23.2 Å². The van der Waals surface area contributed by atoms with Crippen LogP contribution in [-0.2, 0) is 9.59 Å². The van der Waals surface area contributed by atoms with Crippen LogP contribution in [0.5, 0.6) is 5.75 Å². The molecule has 1 heterocycles. The maximum Gasteiger partial charge on any atom is 0.246 e. The number of rotatable bonds is 4. The Kier molecular flexibility index (Phi) is 4.84. The van der Waals surface area contributed by atoms with Gasteiger partial charge in [0.15, 0.2) is 0 Å². The van der Waals surface area contributed by atoms with Gasteiger partial charge in [-0.15, -0.1) is 0 Å². The van der Waals surface area contributed by atoms with Crippen LogP contribution in [0.25, 0.3) is 0 Å². The molecule has 5 nitrogen and oxygen atoms in total. The molecule has 0 bridgehead atoms. The molecule has 1 aliphatic rings. The van der Waals surface area contributed by atoms with E-state index in [1.807, 2.05) is 6.92 Å². The van der Waals surface area contributed by atoms with Gasteiger partial charge >= 0.3 is 0 Å². The number of ether oxygens (including phenoxy) is 1. The molecule has 2 rings (SSSR count). The first-order valence-electron chi connectivity index (χ1n) is 6.62. The van der Waals surface area contributed by atoms with E-state index in [1.165, 1.54) is 0 Å². The molecule has 1 saturated heterocycles. The van der Waals surface area contributed by atoms with Crippen molar-refractivity contribution < 1.29 is 14.3 Å². The lowest BCUT2D eigenvalue weighted by Crippen LogP contribution is -2.46. The fourth-order valence-corrected chi connectivity index (χ4v) is 2.32. The number of halogens is 1. The molecule has 0 unspecified atom stereocenters. The highest BCUT2D eigenvalue weighted by molar-refractivity contribution is 6.32. The number of nitrogens with one attached hydrogen (secondary N) is 2. The first-order chi connectivity index (χ1) is 9.60. The largest absolute Gasteiger partial charge is 0.492 e. The average Bonchev–Trinajstić information content (AvgIpc) is 2.42. The third-order valence-electron chi connectivity index (χ3n) is 3.05. The van der Waals surface area contributed by atoms with E-state index < -0.39 is 6.04 Å². The smallest absolute Gasteiger partial charge is 0.246 e. The van der Waals surface area contributed by atoms with Gasteiger partial charge in [-0.25, -0.2) is 0 Å². The second-order valence-corrected chi connectivity index (χ2v) is 4.99. The van der Waals surface area contributed by atoms with Crippen molar-refractivity contribution in [1.29, 1.82) is 0 Å². The summed E-state index contributed by atoms with van der Waals surface area (Å²) in [7, 11) is 0. The van der Waals surface area contributed by atoms with Gasteiger partial charge in [-0.2, -0.15) is 0 Å². The number of benzene rings is 1. The van der Waals surface area contributed by atoms with E-state index in [1.54, 1.807) is 18.2 Å². The van der Waals surface area contributed by atoms with E-state index in [9.17, 15) is 9.59 Å². The first kappa shape index (κ1) is 14.7. The molecule has 2 amide bonds. The molecular weight excluding hydrogens is 280 g/mol. The van der Waals surface area contributed by atoms with Gasteiger partial charge < -0.3 is 15.4 Å². The Bertz CT molecular complexity index is 519. The molecule has 0 aromatic heterocycles. The van der Waals surface area contributed by atoms with Crippen molar-refractivity contribution in [2.45, 2.75) is 32.2 Å². The van der Waals surface area contributed by atoms with Crippen molar-refractivity contribution in [3.63, 3.8) is 0 Å². The Labute approximate surface area is 122 Å². The minimum absolute atomic E-state index is 0.0823. The van der Waals surface area contributed by atoms with Gasteiger partial charge in [-0.05, 0) is 38.0 Å². The van der Waals surface area contributed by atoms with Gasteiger partial charge in [0.05, 0.1) is 11.6 Å². The topological polar surface area (TPSA) is 67.4 Å². The number of anilines is 1. The summed E-state index contributed by atoms with van der Waals surface area (Å²) >= 11 is 6.05. The third kappa shape index (κ3) is 3.63.